The number of nitro groups is 1. The van der Waals surface area contributed by atoms with Gasteiger partial charge in [-0.1, -0.05) is 30.3 Å². The van der Waals surface area contributed by atoms with Crippen molar-refractivity contribution in [2.45, 2.75) is 6.61 Å². The molecule has 0 aliphatic heterocycles. The lowest BCUT2D eigenvalue weighted by atomic mass is 10.2. The van der Waals surface area contributed by atoms with E-state index in [4.69, 9.17) is 9.47 Å². The highest BCUT2D eigenvalue weighted by atomic mass is 16.6. The number of carbonyl (C=O) groups is 1. The summed E-state index contributed by atoms with van der Waals surface area (Å²) in [5.74, 6) is 0.231. The first-order valence-electron chi connectivity index (χ1n) is 7.71. The van der Waals surface area contributed by atoms with Gasteiger partial charge in [0, 0.05) is 12.1 Å². The third-order valence-electron chi connectivity index (χ3n) is 3.46. The average Bonchev–Trinajstić information content (AvgIpc) is 2.68. The van der Waals surface area contributed by atoms with Gasteiger partial charge < -0.3 is 9.47 Å². The molecule has 0 radical (unpaired) electrons. The van der Waals surface area contributed by atoms with Crippen LogP contribution < -0.4 is 4.74 Å². The van der Waals surface area contributed by atoms with Crippen LogP contribution in [0.15, 0.2) is 72.9 Å². The zero-order valence-electron chi connectivity index (χ0n) is 13.6. The summed E-state index contributed by atoms with van der Waals surface area (Å²) in [4.78, 5) is 26.0. The molecule has 0 spiro atoms. The van der Waals surface area contributed by atoms with Crippen molar-refractivity contribution in [3.63, 3.8) is 0 Å². The molecule has 7 heteroatoms. The summed E-state index contributed by atoms with van der Waals surface area (Å²) in [6.45, 7) is 0.199. The third-order valence-corrected chi connectivity index (χ3v) is 3.46. The molecule has 1 aromatic heterocycles. The fraction of sp³-hybridized carbons (Fsp3) is 0.0526. The van der Waals surface area contributed by atoms with Gasteiger partial charge in [-0.05, 0) is 29.8 Å². The molecule has 0 saturated heterocycles. The van der Waals surface area contributed by atoms with E-state index < -0.39 is 10.9 Å². The van der Waals surface area contributed by atoms with E-state index in [9.17, 15) is 14.9 Å². The van der Waals surface area contributed by atoms with Crippen molar-refractivity contribution in [3.05, 3.63) is 94.2 Å². The zero-order valence-corrected chi connectivity index (χ0v) is 13.6. The van der Waals surface area contributed by atoms with Crippen LogP contribution in [0.4, 0.5) is 5.69 Å². The van der Waals surface area contributed by atoms with Crippen LogP contribution in [0.25, 0.3) is 0 Å². The summed E-state index contributed by atoms with van der Waals surface area (Å²) in [7, 11) is 0. The number of benzene rings is 2. The normalized spacial score (nSPS) is 10.2. The molecule has 0 fully saturated rings. The van der Waals surface area contributed by atoms with Crippen LogP contribution in [-0.2, 0) is 11.3 Å². The first-order chi connectivity index (χ1) is 12.6. The summed E-state index contributed by atoms with van der Waals surface area (Å²) in [5.41, 5.74) is 1.18. The molecule has 0 atom stereocenters. The van der Waals surface area contributed by atoms with Crippen LogP contribution >= 0.6 is 0 Å². The third kappa shape index (κ3) is 4.41. The molecule has 1 heterocycles. The molecule has 130 valence electrons. The summed E-state index contributed by atoms with van der Waals surface area (Å²) in [6, 6.07) is 18.5. The standard InChI is InChI=1S/C19H14N2O5/c22-19(25-13-14-4-2-1-3-5-14)15-6-9-17(10-7-15)26-18-11-8-16(12-20-18)21(23)24/h1-12H,13H2. The molecule has 26 heavy (non-hydrogen) atoms. The Balaban J connectivity index is 1.59. The summed E-state index contributed by atoms with van der Waals surface area (Å²) in [6.07, 6.45) is 1.12. The molecule has 0 saturated carbocycles. The Morgan fingerprint density at radius 2 is 1.73 bits per heavy atom. The van der Waals surface area contributed by atoms with Gasteiger partial charge in [0.25, 0.3) is 5.69 Å². The number of hydrogen-bond donors (Lipinski definition) is 0. The largest absolute Gasteiger partial charge is 0.457 e. The topological polar surface area (TPSA) is 91.6 Å². The van der Waals surface area contributed by atoms with Crippen LogP contribution in [0.3, 0.4) is 0 Å². The van der Waals surface area contributed by atoms with Gasteiger partial charge in [0.05, 0.1) is 10.5 Å². The molecule has 3 aromatic rings. The van der Waals surface area contributed by atoms with Crippen LogP contribution in [-0.4, -0.2) is 15.9 Å². The second-order valence-electron chi connectivity index (χ2n) is 5.30. The molecular weight excluding hydrogens is 336 g/mol. The van der Waals surface area contributed by atoms with Gasteiger partial charge in [-0.15, -0.1) is 0 Å². The van der Waals surface area contributed by atoms with E-state index >= 15 is 0 Å². The van der Waals surface area contributed by atoms with E-state index in [2.05, 4.69) is 4.98 Å². The second-order valence-corrected chi connectivity index (χ2v) is 5.30. The molecule has 0 bridgehead atoms. The predicted octanol–water partition coefficient (Wildman–Crippen LogP) is 4.14. The highest BCUT2D eigenvalue weighted by Crippen LogP contribution is 2.22. The van der Waals surface area contributed by atoms with Crippen molar-refractivity contribution in [1.29, 1.82) is 0 Å². The average molecular weight is 350 g/mol. The van der Waals surface area contributed by atoms with E-state index in [-0.39, 0.29) is 18.2 Å². The van der Waals surface area contributed by atoms with Gasteiger partial charge in [0.15, 0.2) is 0 Å². The maximum absolute atomic E-state index is 12.0. The Morgan fingerprint density at radius 1 is 1.00 bits per heavy atom. The molecule has 0 N–H and O–H groups in total. The number of hydrogen-bond acceptors (Lipinski definition) is 6. The smallest absolute Gasteiger partial charge is 0.338 e. The number of pyridine rings is 1. The molecule has 7 nitrogen and oxygen atoms in total. The summed E-state index contributed by atoms with van der Waals surface area (Å²) >= 11 is 0. The Hall–Kier alpha value is -3.74. The van der Waals surface area contributed by atoms with Gasteiger partial charge in [-0.25, -0.2) is 9.78 Å². The molecule has 0 amide bonds. The van der Waals surface area contributed by atoms with Gasteiger partial charge in [-0.2, -0.15) is 0 Å². The van der Waals surface area contributed by atoms with Gasteiger partial charge in [0.2, 0.25) is 5.88 Å². The van der Waals surface area contributed by atoms with E-state index in [1.165, 1.54) is 12.1 Å². The molecule has 0 unspecified atom stereocenters. The van der Waals surface area contributed by atoms with E-state index in [1.807, 2.05) is 30.3 Å². The lowest BCUT2D eigenvalue weighted by Gasteiger charge is -2.07. The quantitative estimate of drug-likeness (QED) is 0.377. The molecule has 3 rings (SSSR count). The molecule has 0 aliphatic carbocycles. The predicted molar refractivity (Wildman–Crippen MR) is 93.0 cm³/mol. The van der Waals surface area contributed by atoms with Crippen molar-refractivity contribution >= 4 is 11.7 Å². The van der Waals surface area contributed by atoms with Crippen molar-refractivity contribution in [1.82, 2.24) is 4.98 Å². The monoisotopic (exact) mass is 350 g/mol. The van der Waals surface area contributed by atoms with Crippen molar-refractivity contribution in [2.75, 3.05) is 0 Å². The fourth-order valence-corrected chi connectivity index (χ4v) is 2.13. The zero-order chi connectivity index (χ0) is 18.4. The van der Waals surface area contributed by atoms with Crippen LogP contribution in [0.1, 0.15) is 15.9 Å². The lowest BCUT2D eigenvalue weighted by molar-refractivity contribution is -0.385. The molecule has 2 aromatic carbocycles. The second kappa shape index (κ2) is 7.89. The van der Waals surface area contributed by atoms with Crippen LogP contribution in [0, 0.1) is 10.1 Å². The van der Waals surface area contributed by atoms with E-state index in [0.29, 0.717) is 11.3 Å². The number of rotatable bonds is 6. The maximum atomic E-state index is 12.0. The number of aromatic nitrogens is 1. The minimum atomic E-state index is -0.535. The van der Waals surface area contributed by atoms with Crippen molar-refractivity contribution in [2.24, 2.45) is 0 Å². The lowest BCUT2D eigenvalue weighted by Crippen LogP contribution is -2.05. The Labute approximate surface area is 149 Å². The van der Waals surface area contributed by atoms with E-state index in [0.717, 1.165) is 11.8 Å². The first-order valence-corrected chi connectivity index (χ1v) is 7.71. The van der Waals surface area contributed by atoms with Crippen molar-refractivity contribution in [3.8, 4) is 11.6 Å². The summed E-state index contributed by atoms with van der Waals surface area (Å²) in [5, 5.41) is 10.6. The molecular formula is C19H14N2O5. The first kappa shape index (κ1) is 17.1. The molecule has 0 aliphatic rings. The van der Waals surface area contributed by atoms with Gasteiger partial charge in [-0.3, -0.25) is 10.1 Å². The Morgan fingerprint density at radius 3 is 2.35 bits per heavy atom. The number of ether oxygens (including phenoxy) is 2. The number of carbonyl (C=O) groups excluding carboxylic acids is 1. The Kier molecular flexibility index (Phi) is 5.19. The minimum absolute atomic E-state index is 0.117. The Bertz CT molecular complexity index is 893. The van der Waals surface area contributed by atoms with Gasteiger partial charge >= 0.3 is 5.97 Å². The number of esters is 1. The highest BCUT2D eigenvalue weighted by molar-refractivity contribution is 5.89. The minimum Gasteiger partial charge on any atom is -0.457 e. The van der Waals surface area contributed by atoms with Gasteiger partial charge in [0.1, 0.15) is 18.6 Å². The summed E-state index contributed by atoms with van der Waals surface area (Å²) < 4.78 is 10.7. The number of nitrogens with zero attached hydrogens (tertiary/aromatic N) is 2. The van der Waals surface area contributed by atoms with Crippen molar-refractivity contribution < 1.29 is 19.2 Å². The highest BCUT2D eigenvalue weighted by Gasteiger charge is 2.09. The fourth-order valence-electron chi connectivity index (χ4n) is 2.13. The SMILES string of the molecule is O=C(OCc1ccccc1)c1ccc(Oc2ccc([N+](=O)[O-])cn2)cc1. The van der Waals surface area contributed by atoms with Crippen LogP contribution in [0.5, 0.6) is 11.6 Å². The maximum Gasteiger partial charge on any atom is 0.338 e. The van der Waals surface area contributed by atoms with E-state index in [1.54, 1.807) is 24.3 Å². The van der Waals surface area contributed by atoms with Crippen LogP contribution in [0.2, 0.25) is 0 Å².